The molecule has 1 aromatic rings. The van der Waals surface area contributed by atoms with Gasteiger partial charge >= 0.3 is 0 Å². The first-order valence-electron chi connectivity index (χ1n) is 14.0. The molecular weight excluding hydrogens is 454 g/mol. The molecule has 1 rings (SSSR count). The summed E-state index contributed by atoms with van der Waals surface area (Å²) < 4.78 is 0.591. The van der Waals surface area contributed by atoms with Crippen LogP contribution in [0.25, 0.3) is 0 Å². The Morgan fingerprint density at radius 1 is 0.714 bits per heavy atom. The summed E-state index contributed by atoms with van der Waals surface area (Å²) in [5.74, 6) is 0. The Labute approximate surface area is 223 Å². The highest BCUT2D eigenvalue weighted by Gasteiger charge is 2.29. The smallest absolute Gasteiger partial charge is 0.109 e. The Kier molecular flexibility index (Phi) is 21.4. The maximum Gasteiger partial charge on any atom is 0.109 e. The van der Waals surface area contributed by atoms with Gasteiger partial charge in [0.15, 0.2) is 0 Å². The van der Waals surface area contributed by atoms with Crippen LogP contribution < -0.4 is 12.4 Å². The molecule has 0 aliphatic rings. The number of unbranched alkanes of at least 4 members (excludes halogenated alkanes) is 13. The number of allylic oxidation sites excluding steroid dienone is 2. The van der Waals surface area contributed by atoms with Gasteiger partial charge in [0.1, 0.15) is 31.8 Å². The van der Waals surface area contributed by atoms with Crippen molar-refractivity contribution in [3.8, 4) is 0 Å². The predicted octanol–water partition coefficient (Wildman–Crippen LogP) is 4.93. The van der Waals surface area contributed by atoms with Crippen LogP contribution in [-0.2, 0) is 6.54 Å². The summed E-state index contributed by atoms with van der Waals surface area (Å²) in [6.45, 7) is 9.50. The molecule has 2 atom stereocenters. The van der Waals surface area contributed by atoms with Gasteiger partial charge in [-0.15, -0.1) is 6.58 Å². The fourth-order valence-electron chi connectivity index (χ4n) is 4.99. The van der Waals surface area contributed by atoms with Crippen LogP contribution in [-0.4, -0.2) is 40.0 Å². The van der Waals surface area contributed by atoms with Crippen LogP contribution >= 0.6 is 0 Å². The van der Waals surface area contributed by atoms with E-state index in [0.717, 1.165) is 13.0 Å². The lowest BCUT2D eigenvalue weighted by atomic mass is 10.0. The van der Waals surface area contributed by atoms with Crippen molar-refractivity contribution in [1.82, 2.24) is 0 Å². The molecule has 0 aliphatic heterocycles. The van der Waals surface area contributed by atoms with Gasteiger partial charge in [0, 0.05) is 5.56 Å². The van der Waals surface area contributed by atoms with Gasteiger partial charge in [-0.25, -0.2) is 0 Å². The maximum atomic E-state index is 10.2. The zero-order valence-electron chi connectivity index (χ0n) is 22.7. The van der Waals surface area contributed by atoms with Crippen molar-refractivity contribution in [1.29, 1.82) is 0 Å². The second kappa shape index (κ2) is 22.1. The van der Waals surface area contributed by atoms with Gasteiger partial charge in [0.05, 0.1) is 6.20 Å². The number of hydrogen-bond acceptors (Lipinski definition) is 2. The van der Waals surface area contributed by atoms with E-state index in [0.29, 0.717) is 17.6 Å². The van der Waals surface area contributed by atoms with Crippen molar-refractivity contribution >= 4 is 0 Å². The lowest BCUT2D eigenvalue weighted by Gasteiger charge is -2.37. The molecule has 0 aromatic heterocycles. The molecule has 0 aliphatic carbocycles. The highest BCUT2D eigenvalue weighted by atomic mass is 35.5. The third kappa shape index (κ3) is 18.8. The number of quaternary nitrogens is 1. The summed E-state index contributed by atoms with van der Waals surface area (Å²) in [5, 5.41) is 20.4. The summed E-state index contributed by atoms with van der Waals surface area (Å²) in [4.78, 5) is 0. The third-order valence-corrected chi connectivity index (χ3v) is 6.55. The normalized spacial score (nSPS) is 14.9. The minimum Gasteiger partial charge on any atom is -1.00 e. The number of rotatable bonds is 22. The van der Waals surface area contributed by atoms with Gasteiger partial charge in [0.25, 0.3) is 0 Å². The summed E-state index contributed by atoms with van der Waals surface area (Å²) in [6.07, 6.45) is 24.2. The SMILES string of the molecule is C=CCCCCCCCCCCCCCCC=C[N+](Cc1ccccc1)(CC(C)O)CC(C)O.[Cl-]. The van der Waals surface area contributed by atoms with E-state index in [4.69, 9.17) is 0 Å². The average Bonchev–Trinajstić information content (AvgIpc) is 2.78. The van der Waals surface area contributed by atoms with E-state index < -0.39 is 12.2 Å². The molecule has 0 saturated heterocycles. The minimum atomic E-state index is -0.413. The Hall–Kier alpha value is -1.13. The summed E-state index contributed by atoms with van der Waals surface area (Å²) in [7, 11) is 0. The molecule has 0 fully saturated rings. The van der Waals surface area contributed by atoms with Crippen molar-refractivity contribution < 1.29 is 27.1 Å². The Morgan fingerprint density at radius 2 is 1.14 bits per heavy atom. The minimum absolute atomic E-state index is 0. The molecule has 0 heterocycles. The summed E-state index contributed by atoms with van der Waals surface area (Å²) in [5.41, 5.74) is 1.24. The molecule has 2 unspecified atom stereocenters. The van der Waals surface area contributed by atoms with E-state index in [1.807, 2.05) is 26.0 Å². The topological polar surface area (TPSA) is 40.5 Å². The van der Waals surface area contributed by atoms with E-state index >= 15 is 0 Å². The van der Waals surface area contributed by atoms with Crippen LogP contribution in [0.1, 0.15) is 109 Å². The van der Waals surface area contributed by atoms with Crippen LogP contribution in [0.3, 0.4) is 0 Å². The van der Waals surface area contributed by atoms with E-state index in [2.05, 4.69) is 43.1 Å². The molecule has 0 radical (unpaired) electrons. The lowest BCUT2D eigenvalue weighted by Crippen LogP contribution is -3.00. The van der Waals surface area contributed by atoms with Crippen LogP contribution in [0.4, 0.5) is 0 Å². The number of aliphatic hydroxyl groups excluding tert-OH is 2. The molecule has 2 N–H and O–H groups in total. The van der Waals surface area contributed by atoms with Crippen molar-refractivity contribution in [3.63, 3.8) is 0 Å². The van der Waals surface area contributed by atoms with Gasteiger partial charge in [-0.2, -0.15) is 0 Å². The second-order valence-electron chi connectivity index (χ2n) is 10.4. The molecular formula is C31H54ClNO2. The van der Waals surface area contributed by atoms with Crippen LogP contribution in [0.2, 0.25) is 0 Å². The zero-order chi connectivity index (χ0) is 24.9. The standard InChI is InChI=1S/C31H54NO2.ClH/c1-4-5-6-7-8-9-10-11-12-13-14-15-16-17-18-22-25-32(26-29(2)33,27-30(3)34)28-31-23-20-19-21-24-31;/h4,19-25,29-30,33-34H,1,5-18,26-28H2,2-3H3;1H/q+1;/p-1. The molecule has 0 bridgehead atoms. The molecule has 0 saturated carbocycles. The predicted molar refractivity (Wildman–Crippen MR) is 147 cm³/mol. The van der Waals surface area contributed by atoms with Gasteiger partial charge in [-0.3, -0.25) is 4.48 Å². The highest BCUT2D eigenvalue weighted by molar-refractivity contribution is 5.13. The molecule has 3 nitrogen and oxygen atoms in total. The number of benzene rings is 1. The fourth-order valence-corrected chi connectivity index (χ4v) is 4.99. The largest absolute Gasteiger partial charge is 1.00 e. The number of nitrogens with zero attached hydrogens (tertiary/aromatic N) is 1. The number of hydrogen-bond donors (Lipinski definition) is 2. The monoisotopic (exact) mass is 507 g/mol. The van der Waals surface area contributed by atoms with E-state index in [9.17, 15) is 10.2 Å². The summed E-state index contributed by atoms with van der Waals surface area (Å²) >= 11 is 0. The van der Waals surface area contributed by atoms with Crippen molar-refractivity contribution in [3.05, 3.63) is 60.8 Å². The first-order chi connectivity index (χ1) is 16.5. The molecule has 4 heteroatoms. The van der Waals surface area contributed by atoms with E-state index in [1.165, 1.54) is 89.0 Å². The molecule has 202 valence electrons. The first-order valence-corrected chi connectivity index (χ1v) is 14.0. The average molecular weight is 508 g/mol. The Balaban J connectivity index is 0.0000116. The summed E-state index contributed by atoms with van der Waals surface area (Å²) in [6, 6.07) is 10.4. The number of halogens is 1. The first kappa shape index (κ1) is 33.9. The van der Waals surface area contributed by atoms with Gasteiger partial charge in [-0.1, -0.05) is 101 Å². The van der Waals surface area contributed by atoms with Gasteiger partial charge in [-0.05, 0) is 45.6 Å². The Morgan fingerprint density at radius 3 is 1.57 bits per heavy atom. The fraction of sp³-hybridized carbons (Fsp3) is 0.677. The van der Waals surface area contributed by atoms with E-state index in [1.54, 1.807) is 0 Å². The van der Waals surface area contributed by atoms with Crippen molar-refractivity contribution in [2.24, 2.45) is 0 Å². The zero-order valence-corrected chi connectivity index (χ0v) is 23.5. The highest BCUT2D eigenvalue weighted by Crippen LogP contribution is 2.20. The quantitative estimate of drug-likeness (QED) is 0.133. The molecule has 35 heavy (non-hydrogen) atoms. The Bertz CT molecular complexity index is 620. The van der Waals surface area contributed by atoms with Gasteiger partial charge < -0.3 is 22.6 Å². The molecule has 0 amide bonds. The lowest BCUT2D eigenvalue weighted by molar-refractivity contribution is -0.898. The molecule has 0 spiro atoms. The van der Waals surface area contributed by atoms with Gasteiger partial charge in [0.2, 0.25) is 0 Å². The van der Waals surface area contributed by atoms with Crippen LogP contribution in [0.15, 0.2) is 55.3 Å². The van der Waals surface area contributed by atoms with Crippen molar-refractivity contribution in [2.75, 3.05) is 13.1 Å². The van der Waals surface area contributed by atoms with Crippen LogP contribution in [0, 0.1) is 0 Å². The number of aliphatic hydroxyl groups is 2. The molecule has 1 aromatic carbocycles. The maximum absolute atomic E-state index is 10.2. The van der Waals surface area contributed by atoms with Crippen molar-refractivity contribution in [2.45, 2.75) is 122 Å². The third-order valence-electron chi connectivity index (χ3n) is 6.55. The van der Waals surface area contributed by atoms with E-state index in [-0.39, 0.29) is 12.4 Å². The van der Waals surface area contributed by atoms with Crippen LogP contribution in [0.5, 0.6) is 0 Å². The second-order valence-corrected chi connectivity index (χ2v) is 10.4.